The highest BCUT2D eigenvalue weighted by molar-refractivity contribution is 5.97. The van der Waals surface area contributed by atoms with Crippen LogP contribution in [0.4, 0.5) is 0 Å². The van der Waals surface area contributed by atoms with Crippen LogP contribution >= 0.6 is 0 Å². The monoisotopic (exact) mass is 267 g/mol. The SMILES string of the molecule is Cc1n[nH]c(C)c1C(=O)N(CCC(=O)O)C(C)(C)C. The fourth-order valence-corrected chi connectivity index (χ4v) is 1.95. The summed E-state index contributed by atoms with van der Waals surface area (Å²) >= 11 is 0. The Morgan fingerprint density at radius 1 is 1.32 bits per heavy atom. The number of carboxylic acid groups (broad SMARTS) is 1. The summed E-state index contributed by atoms with van der Waals surface area (Å²) in [5.74, 6) is -1.10. The number of amides is 1. The average molecular weight is 267 g/mol. The molecule has 0 aliphatic carbocycles. The standard InChI is InChI=1S/C13H21N3O3/c1-8-11(9(2)15-14-8)12(19)16(13(3,4)5)7-6-10(17)18/h6-7H2,1-5H3,(H,14,15)(H,17,18). The van der Waals surface area contributed by atoms with Crippen molar-refractivity contribution in [1.82, 2.24) is 15.1 Å². The van der Waals surface area contributed by atoms with Gasteiger partial charge in [-0.3, -0.25) is 14.7 Å². The molecule has 19 heavy (non-hydrogen) atoms. The van der Waals surface area contributed by atoms with E-state index >= 15 is 0 Å². The molecule has 0 saturated heterocycles. The normalized spacial score (nSPS) is 11.4. The van der Waals surface area contributed by atoms with Gasteiger partial charge in [0.15, 0.2) is 0 Å². The molecule has 0 unspecified atom stereocenters. The molecule has 106 valence electrons. The van der Waals surface area contributed by atoms with Gasteiger partial charge in [0.2, 0.25) is 0 Å². The Kier molecular flexibility index (Phi) is 4.34. The van der Waals surface area contributed by atoms with Crippen molar-refractivity contribution in [3.63, 3.8) is 0 Å². The highest BCUT2D eigenvalue weighted by atomic mass is 16.4. The number of rotatable bonds is 4. The van der Waals surface area contributed by atoms with Gasteiger partial charge in [-0.2, -0.15) is 5.10 Å². The molecule has 0 fully saturated rings. The number of hydrogen-bond acceptors (Lipinski definition) is 3. The van der Waals surface area contributed by atoms with Gasteiger partial charge in [-0.15, -0.1) is 0 Å². The third-order valence-electron chi connectivity index (χ3n) is 2.95. The number of aliphatic carboxylic acids is 1. The Hall–Kier alpha value is -1.85. The first-order chi connectivity index (χ1) is 8.64. The summed E-state index contributed by atoms with van der Waals surface area (Å²) in [4.78, 5) is 24.9. The predicted molar refractivity (Wildman–Crippen MR) is 71.1 cm³/mol. The first-order valence-electron chi connectivity index (χ1n) is 6.20. The minimum atomic E-state index is -0.914. The number of aryl methyl sites for hydroxylation is 2. The molecule has 1 rings (SSSR count). The molecular formula is C13H21N3O3. The maximum absolute atomic E-state index is 12.6. The molecule has 0 aliphatic rings. The van der Waals surface area contributed by atoms with Crippen LogP contribution in [0.15, 0.2) is 0 Å². The summed E-state index contributed by atoms with van der Waals surface area (Å²) < 4.78 is 0. The van der Waals surface area contributed by atoms with Crippen LogP contribution in [0.2, 0.25) is 0 Å². The van der Waals surface area contributed by atoms with Crippen LogP contribution in [-0.4, -0.2) is 44.2 Å². The molecular weight excluding hydrogens is 246 g/mol. The Labute approximate surface area is 112 Å². The van der Waals surface area contributed by atoms with Crippen LogP contribution in [0.3, 0.4) is 0 Å². The summed E-state index contributed by atoms with van der Waals surface area (Å²) in [7, 11) is 0. The van der Waals surface area contributed by atoms with Crippen LogP contribution in [0.5, 0.6) is 0 Å². The van der Waals surface area contributed by atoms with Gasteiger partial charge in [0, 0.05) is 17.8 Å². The van der Waals surface area contributed by atoms with E-state index in [1.807, 2.05) is 20.8 Å². The summed E-state index contributed by atoms with van der Waals surface area (Å²) in [6.45, 7) is 9.38. The van der Waals surface area contributed by atoms with Gasteiger partial charge in [0.25, 0.3) is 5.91 Å². The van der Waals surface area contributed by atoms with Gasteiger partial charge in [0.05, 0.1) is 17.7 Å². The predicted octanol–water partition coefficient (Wildman–Crippen LogP) is 1.74. The van der Waals surface area contributed by atoms with E-state index in [-0.39, 0.29) is 18.9 Å². The number of hydrogen-bond donors (Lipinski definition) is 2. The molecule has 1 aromatic heterocycles. The number of carbonyl (C=O) groups excluding carboxylic acids is 1. The van der Waals surface area contributed by atoms with Crippen molar-refractivity contribution >= 4 is 11.9 Å². The van der Waals surface area contributed by atoms with Crippen LogP contribution in [0.25, 0.3) is 0 Å². The average Bonchev–Trinajstić information content (AvgIpc) is 2.56. The van der Waals surface area contributed by atoms with E-state index in [4.69, 9.17) is 5.11 Å². The highest BCUT2D eigenvalue weighted by Crippen LogP contribution is 2.20. The molecule has 0 saturated carbocycles. The minimum Gasteiger partial charge on any atom is -0.481 e. The molecule has 0 bridgehead atoms. The smallest absolute Gasteiger partial charge is 0.305 e. The number of nitrogens with one attached hydrogen (secondary N) is 1. The van der Waals surface area contributed by atoms with E-state index in [2.05, 4.69) is 10.2 Å². The first-order valence-corrected chi connectivity index (χ1v) is 6.20. The second kappa shape index (κ2) is 5.42. The summed E-state index contributed by atoms with van der Waals surface area (Å²) in [5.41, 5.74) is 1.42. The second-order valence-corrected chi connectivity index (χ2v) is 5.58. The first kappa shape index (κ1) is 15.2. The van der Waals surface area contributed by atoms with Crippen LogP contribution in [0, 0.1) is 13.8 Å². The summed E-state index contributed by atoms with van der Waals surface area (Å²) in [6, 6.07) is 0. The molecule has 1 aromatic rings. The van der Waals surface area contributed by atoms with Gasteiger partial charge >= 0.3 is 5.97 Å². The minimum absolute atomic E-state index is 0.0705. The lowest BCUT2D eigenvalue weighted by atomic mass is 10.0. The van der Waals surface area contributed by atoms with Crippen molar-refractivity contribution in [3.05, 3.63) is 17.0 Å². The van der Waals surface area contributed by atoms with E-state index in [1.165, 1.54) is 0 Å². The molecule has 6 heteroatoms. The van der Waals surface area contributed by atoms with E-state index in [0.717, 1.165) is 0 Å². The zero-order chi connectivity index (χ0) is 14.8. The van der Waals surface area contributed by atoms with Crippen molar-refractivity contribution in [2.75, 3.05) is 6.54 Å². The van der Waals surface area contributed by atoms with E-state index in [9.17, 15) is 9.59 Å². The number of aromatic nitrogens is 2. The van der Waals surface area contributed by atoms with Crippen LogP contribution < -0.4 is 0 Å². The summed E-state index contributed by atoms with van der Waals surface area (Å²) in [5, 5.41) is 15.6. The molecule has 0 atom stereocenters. The lowest BCUT2D eigenvalue weighted by molar-refractivity contribution is -0.137. The van der Waals surface area contributed by atoms with Gasteiger partial charge in [-0.25, -0.2) is 0 Å². The van der Waals surface area contributed by atoms with Crippen LogP contribution in [-0.2, 0) is 4.79 Å². The maximum Gasteiger partial charge on any atom is 0.305 e. The zero-order valence-corrected chi connectivity index (χ0v) is 12.1. The quantitative estimate of drug-likeness (QED) is 0.870. The van der Waals surface area contributed by atoms with Gasteiger partial charge in [-0.1, -0.05) is 0 Å². The van der Waals surface area contributed by atoms with Crippen molar-refractivity contribution in [2.45, 2.75) is 46.6 Å². The van der Waals surface area contributed by atoms with E-state index in [1.54, 1.807) is 18.7 Å². The Morgan fingerprint density at radius 3 is 2.26 bits per heavy atom. The molecule has 1 heterocycles. The maximum atomic E-state index is 12.6. The Bertz CT molecular complexity index is 466. The molecule has 0 aliphatic heterocycles. The number of H-pyrrole nitrogens is 1. The van der Waals surface area contributed by atoms with Gasteiger partial charge < -0.3 is 10.0 Å². The third-order valence-corrected chi connectivity index (χ3v) is 2.95. The lowest BCUT2D eigenvalue weighted by Crippen LogP contribution is -2.47. The number of carboxylic acids is 1. The Balaban J connectivity index is 3.05. The fourth-order valence-electron chi connectivity index (χ4n) is 1.95. The topological polar surface area (TPSA) is 86.3 Å². The Morgan fingerprint density at radius 2 is 1.89 bits per heavy atom. The molecule has 0 spiro atoms. The zero-order valence-electron chi connectivity index (χ0n) is 12.1. The lowest BCUT2D eigenvalue weighted by Gasteiger charge is -2.35. The highest BCUT2D eigenvalue weighted by Gasteiger charge is 2.30. The fraction of sp³-hybridized carbons (Fsp3) is 0.615. The van der Waals surface area contributed by atoms with E-state index < -0.39 is 11.5 Å². The largest absolute Gasteiger partial charge is 0.481 e. The number of carbonyl (C=O) groups is 2. The third kappa shape index (κ3) is 3.56. The van der Waals surface area contributed by atoms with E-state index in [0.29, 0.717) is 17.0 Å². The molecule has 1 amide bonds. The van der Waals surface area contributed by atoms with Crippen molar-refractivity contribution in [3.8, 4) is 0 Å². The number of nitrogens with zero attached hydrogens (tertiary/aromatic N) is 2. The van der Waals surface area contributed by atoms with Gasteiger partial charge in [-0.05, 0) is 34.6 Å². The van der Waals surface area contributed by atoms with Crippen molar-refractivity contribution < 1.29 is 14.7 Å². The van der Waals surface area contributed by atoms with Crippen molar-refractivity contribution in [1.29, 1.82) is 0 Å². The summed E-state index contributed by atoms with van der Waals surface area (Å²) in [6.07, 6.45) is -0.0705. The second-order valence-electron chi connectivity index (χ2n) is 5.58. The van der Waals surface area contributed by atoms with Crippen molar-refractivity contribution in [2.24, 2.45) is 0 Å². The molecule has 0 aromatic carbocycles. The number of aromatic amines is 1. The molecule has 6 nitrogen and oxygen atoms in total. The van der Waals surface area contributed by atoms with Crippen LogP contribution in [0.1, 0.15) is 48.9 Å². The van der Waals surface area contributed by atoms with Gasteiger partial charge in [0.1, 0.15) is 0 Å². The molecule has 2 N–H and O–H groups in total. The molecule has 0 radical (unpaired) electrons.